The zero-order valence-electron chi connectivity index (χ0n) is 7.38. The van der Waals surface area contributed by atoms with Crippen molar-refractivity contribution in [3.8, 4) is 0 Å². The fraction of sp³-hybridized carbons (Fsp3) is 0.500. The van der Waals surface area contributed by atoms with Gasteiger partial charge in [-0.2, -0.15) is 0 Å². The number of Topliss-reactive ketones (excluding diaryl/α,β-unsaturated/α-hetero) is 1. The molecule has 0 unspecified atom stereocenters. The van der Waals surface area contributed by atoms with Gasteiger partial charge < -0.3 is 9.53 Å². The van der Waals surface area contributed by atoms with Crippen molar-refractivity contribution < 1.29 is 14.3 Å². The summed E-state index contributed by atoms with van der Waals surface area (Å²) in [6, 6.07) is 0. The first kappa shape index (κ1) is 12.5. The minimum Gasteiger partial charge on any atom is -0.435 e. The van der Waals surface area contributed by atoms with Crippen LogP contribution in [0.25, 0.3) is 0 Å². The number of ether oxygens (including phenoxy) is 1. The van der Waals surface area contributed by atoms with E-state index in [4.69, 9.17) is 0 Å². The van der Waals surface area contributed by atoms with Crippen LogP contribution in [0.2, 0.25) is 0 Å². The van der Waals surface area contributed by atoms with Gasteiger partial charge >= 0.3 is 5.97 Å². The second-order valence-corrected chi connectivity index (χ2v) is 1.99. The lowest BCUT2D eigenvalue weighted by Crippen LogP contribution is -1.88. The summed E-state index contributed by atoms with van der Waals surface area (Å²) < 4.78 is 4.37. The van der Waals surface area contributed by atoms with Crippen molar-refractivity contribution in [2.24, 2.45) is 0 Å². The van der Waals surface area contributed by atoms with E-state index < -0.39 is 0 Å². The topological polar surface area (TPSA) is 43.4 Å². The predicted octanol–water partition coefficient (Wildman–Crippen LogP) is 1.68. The lowest BCUT2D eigenvalue weighted by Gasteiger charge is -1.85. The summed E-state index contributed by atoms with van der Waals surface area (Å²) in [5.74, 6) is -0.113. The molecule has 0 fully saturated rings. The smallest absolute Gasteiger partial charge is 0.307 e. The zero-order chi connectivity index (χ0) is 9.28. The molecule has 0 radical (unpaired) electrons. The van der Waals surface area contributed by atoms with Crippen molar-refractivity contribution in [1.29, 1.82) is 0 Å². The van der Waals surface area contributed by atoms with Gasteiger partial charge in [0.1, 0.15) is 5.78 Å². The number of hydrogen-bond acceptors (Lipinski definition) is 3. The van der Waals surface area contributed by atoms with Crippen LogP contribution in [-0.4, -0.2) is 11.8 Å². The fourth-order valence-corrected chi connectivity index (χ4v) is 0.164. The minimum absolute atomic E-state index is 0.167. The SMILES string of the molecule is CC(C)=O.CC=COC(C)=O. The molecule has 64 valence electrons. The molecule has 0 heterocycles. The lowest BCUT2D eigenvalue weighted by molar-refractivity contribution is -0.135. The Balaban J connectivity index is 0. The predicted molar refractivity (Wildman–Crippen MR) is 42.9 cm³/mol. The van der Waals surface area contributed by atoms with E-state index in [1.54, 1.807) is 13.0 Å². The largest absolute Gasteiger partial charge is 0.435 e. The molecule has 0 aromatic heterocycles. The Kier molecular flexibility index (Phi) is 10.1. The summed E-state index contributed by atoms with van der Waals surface area (Å²) in [6.07, 6.45) is 3.00. The second-order valence-electron chi connectivity index (χ2n) is 1.99. The summed E-state index contributed by atoms with van der Waals surface area (Å²) in [7, 11) is 0. The normalized spacial score (nSPS) is 8.36. The number of allylic oxidation sites excluding steroid dienone is 1. The van der Waals surface area contributed by atoms with Gasteiger partial charge in [-0.15, -0.1) is 0 Å². The van der Waals surface area contributed by atoms with Gasteiger partial charge in [0.2, 0.25) is 0 Å². The van der Waals surface area contributed by atoms with E-state index >= 15 is 0 Å². The molecule has 0 aliphatic heterocycles. The zero-order valence-corrected chi connectivity index (χ0v) is 7.38. The maximum atomic E-state index is 9.93. The van der Waals surface area contributed by atoms with Crippen molar-refractivity contribution in [2.75, 3.05) is 0 Å². The van der Waals surface area contributed by atoms with Gasteiger partial charge in [-0.3, -0.25) is 4.79 Å². The van der Waals surface area contributed by atoms with Crippen molar-refractivity contribution in [1.82, 2.24) is 0 Å². The van der Waals surface area contributed by atoms with Gasteiger partial charge in [-0.25, -0.2) is 0 Å². The van der Waals surface area contributed by atoms with Gasteiger partial charge in [-0.1, -0.05) is 6.08 Å². The Morgan fingerprint density at radius 1 is 1.18 bits per heavy atom. The van der Waals surface area contributed by atoms with E-state index in [0.717, 1.165) is 0 Å². The molecule has 0 N–H and O–H groups in total. The average Bonchev–Trinajstić information content (AvgIpc) is 1.82. The molecular weight excluding hydrogens is 144 g/mol. The van der Waals surface area contributed by atoms with Crippen molar-refractivity contribution in [3.63, 3.8) is 0 Å². The first-order valence-corrected chi connectivity index (χ1v) is 3.26. The standard InChI is InChI=1S/C5H8O2.C3H6O/c1-3-4-7-5(2)6;1-3(2)4/h3-4H,1-2H3;1-2H3. The molecule has 0 bridgehead atoms. The minimum atomic E-state index is -0.280. The molecule has 0 spiro atoms. The van der Waals surface area contributed by atoms with Crippen molar-refractivity contribution in [3.05, 3.63) is 12.3 Å². The first-order valence-electron chi connectivity index (χ1n) is 3.26. The monoisotopic (exact) mass is 158 g/mol. The van der Waals surface area contributed by atoms with Crippen LogP contribution in [0.1, 0.15) is 27.7 Å². The Hall–Kier alpha value is -1.12. The highest BCUT2D eigenvalue weighted by Crippen LogP contribution is 1.75. The molecule has 0 aliphatic rings. The maximum Gasteiger partial charge on any atom is 0.307 e. The van der Waals surface area contributed by atoms with E-state index in [1.165, 1.54) is 27.0 Å². The lowest BCUT2D eigenvalue weighted by atomic mass is 10.6. The van der Waals surface area contributed by atoms with Crippen molar-refractivity contribution >= 4 is 11.8 Å². The van der Waals surface area contributed by atoms with Crippen LogP contribution >= 0.6 is 0 Å². The molecular formula is C8H14O3. The maximum absolute atomic E-state index is 9.93. The number of ketones is 1. The summed E-state index contributed by atoms with van der Waals surface area (Å²) in [5, 5.41) is 0. The van der Waals surface area contributed by atoms with E-state index in [2.05, 4.69) is 4.74 Å². The van der Waals surface area contributed by atoms with Crippen LogP contribution in [0.4, 0.5) is 0 Å². The third kappa shape index (κ3) is 50.7. The number of carbonyl (C=O) groups is 2. The third-order valence-corrected chi connectivity index (χ3v) is 0.370. The molecule has 0 aromatic rings. The average molecular weight is 158 g/mol. The van der Waals surface area contributed by atoms with Gasteiger partial charge in [0, 0.05) is 6.92 Å². The molecule has 0 rings (SSSR count). The Bertz CT molecular complexity index is 143. The summed E-state index contributed by atoms with van der Waals surface area (Å²) in [5.41, 5.74) is 0. The summed E-state index contributed by atoms with van der Waals surface area (Å²) >= 11 is 0. The molecule has 0 atom stereocenters. The fourth-order valence-electron chi connectivity index (χ4n) is 0.164. The number of rotatable bonds is 1. The molecule has 0 saturated carbocycles. The Labute approximate surface area is 67.0 Å². The Morgan fingerprint density at radius 2 is 1.55 bits per heavy atom. The van der Waals surface area contributed by atoms with Crippen molar-refractivity contribution in [2.45, 2.75) is 27.7 Å². The van der Waals surface area contributed by atoms with Gasteiger partial charge in [-0.05, 0) is 20.8 Å². The van der Waals surface area contributed by atoms with Crippen LogP contribution in [-0.2, 0) is 14.3 Å². The number of esters is 1. The molecule has 0 amide bonds. The van der Waals surface area contributed by atoms with Crippen LogP contribution in [0.15, 0.2) is 12.3 Å². The molecule has 3 nitrogen and oxygen atoms in total. The second kappa shape index (κ2) is 8.88. The Morgan fingerprint density at radius 3 is 1.64 bits per heavy atom. The van der Waals surface area contributed by atoms with Gasteiger partial charge in [0.15, 0.2) is 0 Å². The van der Waals surface area contributed by atoms with Gasteiger partial charge in [0.05, 0.1) is 6.26 Å². The molecule has 3 heteroatoms. The van der Waals surface area contributed by atoms with Crippen LogP contribution < -0.4 is 0 Å². The van der Waals surface area contributed by atoms with Crippen LogP contribution in [0.3, 0.4) is 0 Å². The van der Waals surface area contributed by atoms with Gasteiger partial charge in [0.25, 0.3) is 0 Å². The van der Waals surface area contributed by atoms with E-state index in [9.17, 15) is 9.59 Å². The molecule has 0 saturated heterocycles. The summed E-state index contributed by atoms with van der Waals surface area (Å²) in [4.78, 5) is 19.4. The quantitative estimate of drug-likeness (QED) is 0.430. The highest BCUT2D eigenvalue weighted by Gasteiger charge is 1.80. The summed E-state index contributed by atoms with van der Waals surface area (Å²) in [6.45, 7) is 6.20. The molecule has 0 aliphatic carbocycles. The highest BCUT2D eigenvalue weighted by molar-refractivity contribution is 5.72. The van der Waals surface area contributed by atoms with Crippen LogP contribution in [0, 0.1) is 0 Å². The third-order valence-electron chi connectivity index (χ3n) is 0.370. The van der Waals surface area contributed by atoms with E-state index in [1.807, 2.05) is 0 Å². The molecule has 0 aromatic carbocycles. The van der Waals surface area contributed by atoms with Crippen LogP contribution in [0.5, 0.6) is 0 Å². The number of hydrogen-bond donors (Lipinski definition) is 0. The van der Waals surface area contributed by atoms with E-state index in [-0.39, 0.29) is 11.8 Å². The number of carbonyl (C=O) groups excluding carboxylic acids is 2. The highest BCUT2D eigenvalue weighted by atomic mass is 16.5. The first-order chi connectivity index (χ1) is 5.00. The van der Waals surface area contributed by atoms with E-state index in [0.29, 0.717) is 0 Å². The molecule has 11 heavy (non-hydrogen) atoms.